The van der Waals surface area contributed by atoms with Gasteiger partial charge in [-0.1, -0.05) is 32.0 Å². The molecule has 2 fully saturated rings. The van der Waals surface area contributed by atoms with Crippen molar-refractivity contribution in [1.29, 1.82) is 0 Å². The second kappa shape index (κ2) is 5.89. The van der Waals surface area contributed by atoms with E-state index >= 15 is 0 Å². The highest BCUT2D eigenvalue weighted by Gasteiger charge is 2.74. The maximum absolute atomic E-state index is 13.2. The van der Waals surface area contributed by atoms with E-state index in [-0.39, 0.29) is 36.2 Å². The van der Waals surface area contributed by atoms with Gasteiger partial charge in [0.15, 0.2) is 0 Å². The number of anilines is 1. The second-order valence-electron chi connectivity index (χ2n) is 7.68. The van der Waals surface area contributed by atoms with Crippen molar-refractivity contribution in [2.24, 2.45) is 17.8 Å². The zero-order chi connectivity index (χ0) is 18.6. The summed E-state index contributed by atoms with van der Waals surface area (Å²) in [6.07, 6.45) is 0. The number of ether oxygens (including phenoxy) is 1. The van der Waals surface area contributed by atoms with Crippen LogP contribution in [0.15, 0.2) is 24.3 Å². The molecule has 3 heterocycles. The molecule has 0 bridgehead atoms. The van der Waals surface area contributed by atoms with Gasteiger partial charge in [-0.15, -0.1) is 0 Å². The van der Waals surface area contributed by atoms with Crippen LogP contribution in [0.25, 0.3) is 0 Å². The van der Waals surface area contributed by atoms with E-state index < -0.39 is 17.4 Å². The Kier molecular flexibility index (Phi) is 3.89. The Morgan fingerprint density at radius 1 is 1.23 bits per heavy atom. The Hall–Kier alpha value is -2.25. The molecule has 0 aliphatic carbocycles. The summed E-state index contributed by atoms with van der Waals surface area (Å²) in [6.45, 7) is 4.59. The molecular formula is C19H24N3O4+. The molecule has 0 radical (unpaired) electrons. The lowest BCUT2D eigenvalue weighted by Gasteiger charge is -2.27. The van der Waals surface area contributed by atoms with Crippen LogP contribution in [-0.4, -0.2) is 48.9 Å². The second-order valence-corrected chi connectivity index (χ2v) is 7.68. The van der Waals surface area contributed by atoms with Gasteiger partial charge < -0.3 is 15.4 Å². The Labute approximate surface area is 152 Å². The molecule has 4 rings (SSSR count). The first-order chi connectivity index (χ1) is 12.4. The Balaban J connectivity index is 1.85. The van der Waals surface area contributed by atoms with Gasteiger partial charge in [-0.05, 0) is 6.07 Å². The fourth-order valence-electron chi connectivity index (χ4n) is 4.91. The van der Waals surface area contributed by atoms with E-state index in [4.69, 9.17) is 4.74 Å². The predicted octanol–water partition coefficient (Wildman–Crippen LogP) is -0.317. The first-order valence-corrected chi connectivity index (χ1v) is 9.04. The van der Waals surface area contributed by atoms with Crippen molar-refractivity contribution in [3.63, 3.8) is 0 Å². The molecule has 4 atom stereocenters. The molecule has 7 nitrogen and oxygen atoms in total. The monoisotopic (exact) mass is 358 g/mol. The smallest absolute Gasteiger partial charge is 0.291 e. The fourth-order valence-corrected chi connectivity index (χ4v) is 4.91. The largest absolute Gasteiger partial charge is 0.383 e. The average molecular weight is 358 g/mol. The first kappa shape index (κ1) is 17.2. The number of carbonyl (C=O) groups excluding carboxylic acids is 3. The summed E-state index contributed by atoms with van der Waals surface area (Å²) in [4.78, 5) is 40.7. The molecule has 7 heteroatoms. The fraction of sp³-hybridized carbons (Fsp3) is 0.526. The van der Waals surface area contributed by atoms with Crippen molar-refractivity contribution in [3.8, 4) is 0 Å². The van der Waals surface area contributed by atoms with Gasteiger partial charge in [0.1, 0.15) is 17.9 Å². The van der Waals surface area contributed by atoms with E-state index in [1.165, 1.54) is 4.90 Å². The molecule has 1 aromatic rings. The summed E-state index contributed by atoms with van der Waals surface area (Å²) in [5.41, 5.74) is 0.468. The molecule has 3 amide bonds. The highest BCUT2D eigenvalue weighted by molar-refractivity contribution is 6.13. The van der Waals surface area contributed by atoms with Gasteiger partial charge in [0.2, 0.25) is 17.4 Å². The Morgan fingerprint density at radius 2 is 1.96 bits per heavy atom. The van der Waals surface area contributed by atoms with E-state index in [9.17, 15) is 14.4 Å². The average Bonchev–Trinajstić information content (AvgIpc) is 3.20. The topological polar surface area (TPSA) is 92.3 Å². The Morgan fingerprint density at radius 3 is 2.65 bits per heavy atom. The van der Waals surface area contributed by atoms with Crippen LogP contribution in [0.4, 0.5) is 5.69 Å². The molecule has 3 aliphatic rings. The van der Waals surface area contributed by atoms with Crippen LogP contribution in [-0.2, 0) is 24.7 Å². The lowest BCUT2D eigenvalue weighted by atomic mass is 9.76. The van der Waals surface area contributed by atoms with Crippen LogP contribution in [0, 0.1) is 17.8 Å². The van der Waals surface area contributed by atoms with E-state index in [0.717, 1.165) is 11.3 Å². The minimum atomic E-state index is -1.06. The molecule has 0 aromatic heterocycles. The van der Waals surface area contributed by atoms with E-state index in [1.807, 2.05) is 43.4 Å². The van der Waals surface area contributed by atoms with Crippen molar-refractivity contribution < 1.29 is 24.4 Å². The molecule has 0 unspecified atom stereocenters. The van der Waals surface area contributed by atoms with Gasteiger partial charge in [-0.2, -0.15) is 0 Å². The molecular weight excluding hydrogens is 334 g/mol. The molecule has 3 N–H and O–H groups in total. The minimum absolute atomic E-state index is 0.124. The molecule has 1 spiro atoms. The summed E-state index contributed by atoms with van der Waals surface area (Å²) < 4.78 is 5.06. The van der Waals surface area contributed by atoms with Crippen LogP contribution >= 0.6 is 0 Å². The van der Waals surface area contributed by atoms with Crippen LogP contribution in [0.2, 0.25) is 0 Å². The van der Waals surface area contributed by atoms with Crippen molar-refractivity contribution >= 4 is 23.4 Å². The van der Waals surface area contributed by atoms with Crippen LogP contribution in [0.3, 0.4) is 0 Å². The lowest BCUT2D eigenvalue weighted by Crippen LogP contribution is -2.99. The van der Waals surface area contributed by atoms with Crippen molar-refractivity contribution in [1.82, 2.24) is 4.90 Å². The zero-order valence-corrected chi connectivity index (χ0v) is 15.2. The number of nitrogens with two attached hydrogens (primary N) is 1. The number of para-hydroxylation sites is 1. The molecule has 138 valence electrons. The maximum Gasteiger partial charge on any atom is 0.291 e. The highest BCUT2D eigenvalue weighted by Crippen LogP contribution is 2.49. The van der Waals surface area contributed by atoms with Gasteiger partial charge >= 0.3 is 0 Å². The highest BCUT2D eigenvalue weighted by atomic mass is 16.5. The van der Waals surface area contributed by atoms with Crippen molar-refractivity contribution in [3.05, 3.63) is 29.8 Å². The van der Waals surface area contributed by atoms with Gasteiger partial charge in [0.05, 0.1) is 18.8 Å². The number of fused-ring (bicyclic) bond motifs is 4. The number of rotatable bonds is 4. The summed E-state index contributed by atoms with van der Waals surface area (Å²) in [6, 6.07) is 7.34. The molecule has 2 saturated heterocycles. The van der Waals surface area contributed by atoms with Crippen molar-refractivity contribution in [2.45, 2.75) is 25.4 Å². The van der Waals surface area contributed by atoms with Crippen molar-refractivity contribution in [2.75, 3.05) is 25.6 Å². The number of quaternary nitrogens is 1. The number of methoxy groups -OCH3 is 1. The Bertz CT molecular complexity index is 793. The van der Waals surface area contributed by atoms with E-state index in [0.29, 0.717) is 6.61 Å². The maximum atomic E-state index is 13.2. The SMILES string of the molecule is COCCN1C(=O)[C@@H]2[C@@H](C(C)C)[NH2+][C@]3(C(=O)Nc4ccccc43)[C@@H]2C1=O. The summed E-state index contributed by atoms with van der Waals surface area (Å²) in [5, 5.41) is 4.89. The zero-order valence-electron chi connectivity index (χ0n) is 15.2. The van der Waals surface area contributed by atoms with E-state index in [1.54, 1.807) is 7.11 Å². The number of nitrogens with one attached hydrogen (secondary N) is 1. The first-order valence-electron chi connectivity index (χ1n) is 9.04. The third-order valence-corrected chi connectivity index (χ3v) is 6.09. The number of hydrogen-bond donors (Lipinski definition) is 2. The van der Waals surface area contributed by atoms with Crippen LogP contribution in [0.5, 0.6) is 0 Å². The molecule has 0 saturated carbocycles. The number of carbonyl (C=O) groups is 3. The molecule has 1 aromatic carbocycles. The van der Waals surface area contributed by atoms with Gasteiger partial charge in [0.25, 0.3) is 5.91 Å². The quantitative estimate of drug-likeness (QED) is 0.722. The number of imide groups is 1. The summed E-state index contributed by atoms with van der Waals surface area (Å²) in [5.74, 6) is -1.66. The lowest BCUT2D eigenvalue weighted by molar-refractivity contribution is -0.738. The predicted molar refractivity (Wildman–Crippen MR) is 92.9 cm³/mol. The number of nitrogens with zero attached hydrogens (tertiary/aromatic N) is 1. The minimum Gasteiger partial charge on any atom is -0.383 e. The third kappa shape index (κ3) is 2.04. The number of amides is 3. The van der Waals surface area contributed by atoms with Gasteiger partial charge in [0, 0.05) is 18.6 Å². The third-order valence-electron chi connectivity index (χ3n) is 6.09. The number of benzene rings is 1. The van der Waals surface area contributed by atoms with Gasteiger partial charge in [-0.25, -0.2) is 0 Å². The normalized spacial score (nSPS) is 32.5. The number of hydrogen-bond acceptors (Lipinski definition) is 4. The van der Waals surface area contributed by atoms with Crippen LogP contribution < -0.4 is 10.6 Å². The van der Waals surface area contributed by atoms with Gasteiger partial charge in [-0.3, -0.25) is 19.3 Å². The number of likely N-dealkylation sites (tertiary alicyclic amines) is 1. The van der Waals surface area contributed by atoms with Crippen LogP contribution in [0.1, 0.15) is 19.4 Å². The standard InChI is InChI=1S/C19H23N3O4/c1-10(2)15-13-14(17(24)22(16(13)23)8-9-26-3)19(21-15)11-6-4-5-7-12(11)20-18(19)25/h4-7,10,13-15,21H,8-9H2,1-3H3,(H,20,25)/p+1/t13-,14-,15+,19-/m0/s1. The molecule has 26 heavy (non-hydrogen) atoms. The molecule has 3 aliphatic heterocycles. The summed E-state index contributed by atoms with van der Waals surface area (Å²) in [7, 11) is 1.54. The van der Waals surface area contributed by atoms with E-state index in [2.05, 4.69) is 5.32 Å². The summed E-state index contributed by atoms with van der Waals surface area (Å²) >= 11 is 0.